The first-order valence-electron chi connectivity index (χ1n) is 11.9. The molecule has 2 heterocycles. The predicted octanol–water partition coefficient (Wildman–Crippen LogP) is 5.10. The maximum atomic E-state index is 13.2. The Balaban J connectivity index is 1.51. The van der Waals surface area contributed by atoms with Crippen molar-refractivity contribution in [2.24, 2.45) is 0 Å². The summed E-state index contributed by atoms with van der Waals surface area (Å²) in [5.74, 6) is 0.485. The van der Waals surface area contributed by atoms with Gasteiger partial charge in [0.25, 0.3) is 5.91 Å². The molecule has 1 aliphatic heterocycles. The molecule has 0 unspecified atom stereocenters. The van der Waals surface area contributed by atoms with Gasteiger partial charge in [0.05, 0.1) is 17.1 Å². The second-order valence-electron chi connectivity index (χ2n) is 8.78. The summed E-state index contributed by atoms with van der Waals surface area (Å²) in [6, 6.07) is 16.1. The van der Waals surface area contributed by atoms with Gasteiger partial charge in [0.15, 0.2) is 0 Å². The predicted molar refractivity (Wildman–Crippen MR) is 136 cm³/mol. The topological polar surface area (TPSA) is 83.7 Å². The van der Waals surface area contributed by atoms with E-state index in [0.717, 1.165) is 48.2 Å². The minimum atomic E-state index is -3.50. The maximum Gasteiger partial charge on any atom is 0.251 e. The molecule has 3 aromatic rings. The van der Waals surface area contributed by atoms with Crippen molar-refractivity contribution >= 4 is 27.7 Å². The molecule has 1 amide bonds. The quantitative estimate of drug-likeness (QED) is 0.428. The van der Waals surface area contributed by atoms with Gasteiger partial charge in [-0.2, -0.15) is 4.31 Å². The van der Waals surface area contributed by atoms with Crippen molar-refractivity contribution in [3.63, 3.8) is 0 Å². The van der Waals surface area contributed by atoms with Crippen LogP contribution in [0.1, 0.15) is 48.3 Å². The summed E-state index contributed by atoms with van der Waals surface area (Å²) in [5, 5.41) is 4.00. The molecule has 35 heavy (non-hydrogen) atoms. The van der Waals surface area contributed by atoms with E-state index in [9.17, 15) is 13.2 Å². The highest BCUT2D eigenvalue weighted by atomic mass is 32.2. The molecule has 0 N–H and O–H groups in total. The van der Waals surface area contributed by atoms with Gasteiger partial charge in [-0.3, -0.25) is 4.79 Å². The molecule has 1 saturated heterocycles. The molecule has 4 rings (SSSR count). The number of carbonyl (C=O) groups is 1. The zero-order chi connectivity index (χ0) is 24.8. The van der Waals surface area contributed by atoms with Crippen molar-refractivity contribution in [3.05, 3.63) is 83.3 Å². The van der Waals surface area contributed by atoms with Gasteiger partial charge in [0.1, 0.15) is 5.76 Å². The van der Waals surface area contributed by atoms with E-state index >= 15 is 0 Å². The van der Waals surface area contributed by atoms with Crippen molar-refractivity contribution in [2.75, 3.05) is 18.0 Å². The van der Waals surface area contributed by atoms with Crippen LogP contribution in [0.3, 0.4) is 0 Å². The van der Waals surface area contributed by atoms with Crippen molar-refractivity contribution in [1.29, 1.82) is 0 Å². The maximum absolute atomic E-state index is 13.2. The van der Waals surface area contributed by atoms with E-state index in [2.05, 4.69) is 5.16 Å². The van der Waals surface area contributed by atoms with Crippen molar-refractivity contribution in [1.82, 2.24) is 9.46 Å². The van der Waals surface area contributed by atoms with Crippen molar-refractivity contribution in [2.45, 2.75) is 51.0 Å². The lowest BCUT2D eigenvalue weighted by Crippen LogP contribution is -2.31. The monoisotopic (exact) mass is 493 g/mol. The van der Waals surface area contributed by atoms with Gasteiger partial charge in [-0.1, -0.05) is 48.3 Å². The number of anilines is 1. The van der Waals surface area contributed by atoms with Crippen LogP contribution < -0.4 is 4.90 Å². The smallest absolute Gasteiger partial charge is 0.251 e. The summed E-state index contributed by atoms with van der Waals surface area (Å²) in [6.45, 7) is 5.16. The average Bonchev–Trinajstić information content (AvgIpc) is 3.06. The zero-order valence-electron chi connectivity index (χ0n) is 20.2. The number of amides is 1. The molecule has 184 valence electrons. The highest BCUT2D eigenvalue weighted by molar-refractivity contribution is 7.89. The Morgan fingerprint density at radius 2 is 1.66 bits per heavy atom. The molecule has 0 spiro atoms. The molecule has 1 aromatic heterocycles. The molecule has 0 atom stereocenters. The molecular formula is C27H31N3O4S. The number of aryl methyl sites for hydroxylation is 2. The van der Waals surface area contributed by atoms with Crippen LogP contribution >= 0.6 is 0 Å². The van der Waals surface area contributed by atoms with E-state index in [-0.39, 0.29) is 10.8 Å². The van der Waals surface area contributed by atoms with Crippen LogP contribution in [0.2, 0.25) is 0 Å². The Bertz CT molecular complexity index is 1250. The number of aromatic nitrogens is 1. The molecule has 8 heteroatoms. The number of carbonyl (C=O) groups excluding carboxylic acids is 1. The lowest BCUT2D eigenvalue weighted by atomic mass is 10.1. The van der Waals surface area contributed by atoms with Crippen LogP contribution in [0.15, 0.2) is 70.1 Å². The molecule has 1 fully saturated rings. The van der Waals surface area contributed by atoms with Crippen molar-refractivity contribution < 1.29 is 17.7 Å². The number of rotatable bonds is 7. The Kier molecular flexibility index (Phi) is 7.83. The van der Waals surface area contributed by atoms with E-state index in [1.54, 1.807) is 39.5 Å². The highest BCUT2D eigenvalue weighted by Gasteiger charge is 2.25. The first-order valence-corrected chi connectivity index (χ1v) is 13.4. The summed E-state index contributed by atoms with van der Waals surface area (Å²) in [5.41, 5.74) is 3.14. The van der Waals surface area contributed by atoms with Crippen LogP contribution in [0, 0.1) is 13.8 Å². The highest BCUT2D eigenvalue weighted by Crippen LogP contribution is 2.23. The SMILES string of the molecule is Cc1noc(C)c1CN(C(=O)/C=C/c1ccc(S(=O)(=O)N2CCCCCC2)cc1)c1ccccc1. The summed E-state index contributed by atoms with van der Waals surface area (Å²) >= 11 is 0. The van der Waals surface area contributed by atoms with Crippen LogP contribution in [-0.4, -0.2) is 36.9 Å². The molecule has 0 saturated carbocycles. The number of hydrogen-bond donors (Lipinski definition) is 0. The second-order valence-corrected chi connectivity index (χ2v) is 10.7. The van der Waals surface area contributed by atoms with Gasteiger partial charge >= 0.3 is 0 Å². The standard InChI is InChI=1S/C27H31N3O4S/c1-21-26(22(2)34-28-21)20-30(24-10-6-5-7-11-24)27(31)17-14-23-12-15-25(16-13-23)35(32,33)29-18-8-3-4-9-19-29/h5-7,10-17H,3-4,8-9,18-20H2,1-2H3/b17-14+. The minimum absolute atomic E-state index is 0.197. The van der Waals surface area contributed by atoms with Crippen molar-refractivity contribution in [3.8, 4) is 0 Å². The molecule has 1 aliphatic rings. The molecule has 2 aromatic carbocycles. The summed E-state index contributed by atoms with van der Waals surface area (Å²) in [7, 11) is -3.50. The van der Waals surface area contributed by atoms with Crippen LogP contribution in [0.25, 0.3) is 6.08 Å². The average molecular weight is 494 g/mol. The first-order chi connectivity index (χ1) is 16.9. The normalized spacial score (nSPS) is 15.3. The number of nitrogens with zero attached hydrogens (tertiary/aromatic N) is 3. The van der Waals surface area contributed by atoms with Crippen LogP contribution in [0.4, 0.5) is 5.69 Å². The third-order valence-electron chi connectivity index (χ3n) is 6.33. The molecule has 7 nitrogen and oxygen atoms in total. The number of sulfonamides is 1. The lowest BCUT2D eigenvalue weighted by molar-refractivity contribution is -0.114. The zero-order valence-corrected chi connectivity index (χ0v) is 21.0. The summed E-state index contributed by atoms with van der Waals surface area (Å²) in [4.78, 5) is 15.2. The Morgan fingerprint density at radius 1 is 1.00 bits per heavy atom. The minimum Gasteiger partial charge on any atom is -0.361 e. The Morgan fingerprint density at radius 3 is 2.26 bits per heavy atom. The summed E-state index contributed by atoms with van der Waals surface area (Å²) < 4.78 is 32.9. The van der Waals surface area contributed by atoms with E-state index in [1.165, 1.54) is 6.08 Å². The van der Waals surface area contributed by atoms with Gasteiger partial charge in [-0.15, -0.1) is 0 Å². The third-order valence-corrected chi connectivity index (χ3v) is 8.25. The molecule has 0 bridgehead atoms. The number of para-hydroxylation sites is 1. The third kappa shape index (κ3) is 5.89. The van der Waals surface area contributed by atoms with E-state index in [1.807, 2.05) is 44.2 Å². The van der Waals surface area contributed by atoms with Crippen LogP contribution in [-0.2, 0) is 21.4 Å². The van der Waals surface area contributed by atoms with Gasteiger partial charge < -0.3 is 9.42 Å². The van der Waals surface area contributed by atoms with Gasteiger partial charge in [0, 0.05) is 30.4 Å². The summed E-state index contributed by atoms with van der Waals surface area (Å²) in [6.07, 6.45) is 7.14. The Labute approximate surface area is 207 Å². The fourth-order valence-corrected chi connectivity index (χ4v) is 5.75. The van der Waals surface area contributed by atoms with E-state index in [4.69, 9.17) is 4.52 Å². The first kappa shape index (κ1) is 24.9. The molecule has 0 aliphatic carbocycles. The van der Waals surface area contributed by atoms with E-state index in [0.29, 0.717) is 25.4 Å². The van der Waals surface area contributed by atoms with Gasteiger partial charge in [0.2, 0.25) is 10.0 Å². The molecule has 0 radical (unpaired) electrons. The van der Waals surface area contributed by atoms with Gasteiger partial charge in [-0.25, -0.2) is 8.42 Å². The number of benzene rings is 2. The lowest BCUT2D eigenvalue weighted by Gasteiger charge is -2.21. The Hall–Kier alpha value is -3.23. The largest absolute Gasteiger partial charge is 0.361 e. The van der Waals surface area contributed by atoms with E-state index < -0.39 is 10.0 Å². The fraction of sp³-hybridized carbons (Fsp3) is 0.333. The molecular weight excluding hydrogens is 462 g/mol. The van der Waals surface area contributed by atoms with Crippen LogP contribution in [0.5, 0.6) is 0 Å². The van der Waals surface area contributed by atoms with Gasteiger partial charge in [-0.05, 0) is 62.6 Å². The fourth-order valence-electron chi connectivity index (χ4n) is 4.23. The second kappa shape index (κ2) is 11.0. The number of hydrogen-bond acceptors (Lipinski definition) is 5.